The van der Waals surface area contributed by atoms with Crippen molar-refractivity contribution in [2.24, 2.45) is 0 Å². The molecule has 1 unspecified atom stereocenters. The minimum absolute atomic E-state index is 0.288. The van der Waals surface area contributed by atoms with Crippen LogP contribution in [0.25, 0.3) is 0 Å². The Hall–Kier alpha value is -0.360. The van der Waals surface area contributed by atoms with Crippen LogP contribution in [-0.4, -0.2) is 31.7 Å². The molecule has 1 fully saturated rings. The first-order valence-electron chi connectivity index (χ1n) is 3.07. The summed E-state index contributed by atoms with van der Waals surface area (Å²) in [4.78, 5) is 0. The van der Waals surface area contributed by atoms with E-state index in [2.05, 4.69) is 10.1 Å². The summed E-state index contributed by atoms with van der Waals surface area (Å²) in [6, 6.07) is 0. The Morgan fingerprint density at radius 2 is 1.91 bits per heavy atom. The van der Waals surface area contributed by atoms with Gasteiger partial charge >= 0.3 is 6.18 Å². The van der Waals surface area contributed by atoms with Gasteiger partial charge in [0.1, 0.15) is 0 Å². The number of rotatable bonds is 2. The number of nitrogens with one attached hydrogen (secondary N) is 1. The zero-order chi connectivity index (χ0) is 8.48. The molecule has 0 aromatic rings. The second-order valence-electron chi connectivity index (χ2n) is 2.27. The van der Waals surface area contributed by atoms with Gasteiger partial charge in [0.2, 0.25) is 0 Å². The maximum absolute atomic E-state index is 12.0. The van der Waals surface area contributed by atoms with Gasteiger partial charge in [-0.3, -0.25) is 0 Å². The van der Waals surface area contributed by atoms with E-state index in [-0.39, 0.29) is 13.1 Å². The summed E-state index contributed by atoms with van der Waals surface area (Å²) in [5.74, 6) is 0. The fraction of sp³-hybridized carbons (Fsp3) is 1.00. The molecular weight excluding hydrogens is 166 g/mol. The second-order valence-corrected chi connectivity index (χ2v) is 2.27. The Balaban J connectivity index is 2.24. The predicted molar refractivity (Wildman–Crippen MR) is 28.7 cm³/mol. The molecule has 1 aliphatic rings. The van der Waals surface area contributed by atoms with E-state index < -0.39 is 18.6 Å². The third kappa shape index (κ3) is 2.30. The van der Waals surface area contributed by atoms with Crippen molar-refractivity contribution in [3.05, 3.63) is 0 Å². The average Bonchev–Trinajstić information content (AvgIpc) is 1.75. The topological polar surface area (TPSA) is 21.3 Å². The summed E-state index contributed by atoms with van der Waals surface area (Å²) in [6.07, 6.45) is -8.67. The van der Waals surface area contributed by atoms with Crippen LogP contribution in [0.5, 0.6) is 0 Å². The van der Waals surface area contributed by atoms with E-state index in [4.69, 9.17) is 0 Å². The zero-order valence-corrected chi connectivity index (χ0v) is 5.49. The van der Waals surface area contributed by atoms with Gasteiger partial charge < -0.3 is 10.1 Å². The molecule has 0 bridgehead atoms. The van der Waals surface area contributed by atoms with Crippen LogP contribution in [0.3, 0.4) is 0 Å². The molecule has 1 rings (SSSR count). The van der Waals surface area contributed by atoms with Crippen LogP contribution in [0, 0.1) is 0 Å². The van der Waals surface area contributed by atoms with Crippen LogP contribution in [0.2, 0.25) is 0 Å². The molecule has 6 heteroatoms. The molecule has 0 aliphatic carbocycles. The third-order valence-corrected chi connectivity index (χ3v) is 1.31. The third-order valence-electron chi connectivity index (χ3n) is 1.31. The molecule has 1 saturated heterocycles. The molecule has 0 radical (unpaired) electrons. The van der Waals surface area contributed by atoms with Crippen LogP contribution in [0.15, 0.2) is 0 Å². The van der Waals surface area contributed by atoms with Gasteiger partial charge in [0.25, 0.3) is 6.36 Å². The number of ether oxygens (including phenoxy) is 1. The van der Waals surface area contributed by atoms with Crippen molar-refractivity contribution < 1.29 is 22.3 Å². The Morgan fingerprint density at radius 3 is 2.18 bits per heavy atom. The largest absolute Gasteiger partial charge is 0.445 e. The van der Waals surface area contributed by atoms with Gasteiger partial charge in [-0.05, 0) is 0 Å². The van der Waals surface area contributed by atoms with E-state index in [0.717, 1.165) is 0 Å². The molecule has 66 valence electrons. The number of halogens is 4. The maximum Gasteiger partial charge on any atom is 0.445 e. The maximum atomic E-state index is 12.0. The molecule has 1 heterocycles. The predicted octanol–water partition coefficient (Wildman–Crippen LogP) is 0.833. The van der Waals surface area contributed by atoms with E-state index in [9.17, 15) is 17.6 Å². The highest BCUT2D eigenvalue weighted by Gasteiger charge is 2.43. The number of alkyl halides is 4. The lowest BCUT2D eigenvalue weighted by Crippen LogP contribution is -2.51. The highest BCUT2D eigenvalue weighted by molar-refractivity contribution is 4.76. The highest BCUT2D eigenvalue weighted by atomic mass is 19.4. The first-order chi connectivity index (χ1) is 5.00. The lowest BCUT2D eigenvalue weighted by molar-refractivity contribution is -0.280. The zero-order valence-electron chi connectivity index (χ0n) is 5.49. The lowest BCUT2D eigenvalue weighted by Gasteiger charge is -2.28. The fourth-order valence-corrected chi connectivity index (χ4v) is 0.605. The number of hydrogen-bond donors (Lipinski definition) is 1. The van der Waals surface area contributed by atoms with Gasteiger partial charge in [-0.2, -0.15) is 13.2 Å². The fourth-order valence-electron chi connectivity index (χ4n) is 0.605. The van der Waals surface area contributed by atoms with Gasteiger partial charge in [0, 0.05) is 13.1 Å². The standard InChI is InChI=1S/C5H7F4NO/c6-4(5(7,8)9)11-3-1-10-2-3/h3-4,10H,1-2H2. The van der Waals surface area contributed by atoms with E-state index in [1.807, 2.05) is 0 Å². The summed E-state index contributed by atoms with van der Waals surface area (Å²) >= 11 is 0. The van der Waals surface area contributed by atoms with Gasteiger partial charge in [-0.15, -0.1) is 0 Å². The van der Waals surface area contributed by atoms with Crippen molar-refractivity contribution in [2.45, 2.75) is 18.6 Å². The van der Waals surface area contributed by atoms with Gasteiger partial charge in [0.15, 0.2) is 0 Å². The second kappa shape index (κ2) is 2.94. The quantitative estimate of drug-likeness (QED) is 0.624. The minimum atomic E-state index is -4.89. The summed E-state index contributed by atoms with van der Waals surface area (Å²) in [5.41, 5.74) is 0. The van der Waals surface area contributed by atoms with E-state index in [1.54, 1.807) is 0 Å². The van der Waals surface area contributed by atoms with Gasteiger partial charge in [-0.25, -0.2) is 4.39 Å². The van der Waals surface area contributed by atoms with Crippen LogP contribution >= 0.6 is 0 Å². The first kappa shape index (κ1) is 8.73. The van der Waals surface area contributed by atoms with E-state index in [1.165, 1.54) is 0 Å². The Kier molecular flexibility index (Phi) is 2.34. The Morgan fingerprint density at radius 1 is 1.36 bits per heavy atom. The molecule has 0 saturated carbocycles. The van der Waals surface area contributed by atoms with Crippen LogP contribution < -0.4 is 5.32 Å². The van der Waals surface area contributed by atoms with Crippen molar-refractivity contribution in [1.82, 2.24) is 5.32 Å². The minimum Gasteiger partial charge on any atom is -0.335 e. The molecule has 1 aliphatic heterocycles. The molecule has 0 aromatic heterocycles. The molecular formula is C5H7F4NO. The van der Waals surface area contributed by atoms with Crippen molar-refractivity contribution in [3.8, 4) is 0 Å². The molecule has 1 atom stereocenters. The number of hydrogen-bond acceptors (Lipinski definition) is 2. The smallest absolute Gasteiger partial charge is 0.335 e. The molecule has 0 aromatic carbocycles. The van der Waals surface area contributed by atoms with Crippen molar-refractivity contribution in [1.29, 1.82) is 0 Å². The summed E-state index contributed by atoms with van der Waals surface area (Å²) in [7, 11) is 0. The van der Waals surface area contributed by atoms with E-state index >= 15 is 0 Å². The normalized spacial score (nSPS) is 22.9. The SMILES string of the molecule is FC(OC1CNC1)C(F)(F)F. The molecule has 0 spiro atoms. The van der Waals surface area contributed by atoms with Crippen molar-refractivity contribution in [2.75, 3.05) is 13.1 Å². The molecule has 0 amide bonds. The molecule has 2 nitrogen and oxygen atoms in total. The van der Waals surface area contributed by atoms with Gasteiger partial charge in [0.05, 0.1) is 6.10 Å². The monoisotopic (exact) mass is 173 g/mol. The summed E-state index contributed by atoms with van der Waals surface area (Å²) in [5, 5.41) is 2.66. The van der Waals surface area contributed by atoms with Crippen molar-refractivity contribution >= 4 is 0 Å². The van der Waals surface area contributed by atoms with E-state index in [0.29, 0.717) is 0 Å². The van der Waals surface area contributed by atoms with Crippen LogP contribution in [-0.2, 0) is 4.74 Å². The molecule has 11 heavy (non-hydrogen) atoms. The van der Waals surface area contributed by atoms with Crippen LogP contribution in [0.4, 0.5) is 17.6 Å². The Labute approximate surface area is 60.5 Å². The van der Waals surface area contributed by atoms with Gasteiger partial charge in [-0.1, -0.05) is 0 Å². The summed E-state index contributed by atoms with van der Waals surface area (Å²) < 4.78 is 50.4. The Bertz CT molecular complexity index is 133. The average molecular weight is 173 g/mol. The van der Waals surface area contributed by atoms with Crippen molar-refractivity contribution in [3.63, 3.8) is 0 Å². The summed E-state index contributed by atoms with van der Waals surface area (Å²) in [6.45, 7) is 0.576. The van der Waals surface area contributed by atoms with Crippen LogP contribution in [0.1, 0.15) is 0 Å². The first-order valence-corrected chi connectivity index (χ1v) is 3.07. The molecule has 1 N–H and O–H groups in total. The lowest BCUT2D eigenvalue weighted by atomic mass is 10.2. The highest BCUT2D eigenvalue weighted by Crippen LogP contribution is 2.25.